The summed E-state index contributed by atoms with van der Waals surface area (Å²) in [5.41, 5.74) is -0.271. The van der Waals surface area contributed by atoms with Crippen LogP contribution in [0, 0.1) is 5.82 Å². The van der Waals surface area contributed by atoms with Crippen LogP contribution in [0.25, 0.3) is 11.3 Å². The topological polar surface area (TPSA) is 95.3 Å². The van der Waals surface area contributed by atoms with Gasteiger partial charge in [-0.25, -0.2) is 19.2 Å². The number of anilines is 1. The molecule has 3 aromatic rings. The number of nitrogens with zero attached hydrogens (tertiary/aromatic N) is 2. The molecule has 0 spiro atoms. The van der Waals surface area contributed by atoms with Crippen molar-refractivity contribution in [2.75, 3.05) is 11.9 Å². The maximum Gasteiger partial charge on any atom is 0.490 e. The van der Waals surface area contributed by atoms with Crippen molar-refractivity contribution in [3.63, 3.8) is 0 Å². The van der Waals surface area contributed by atoms with Crippen LogP contribution in [0.2, 0.25) is 0 Å². The Morgan fingerprint density at radius 1 is 0.971 bits per heavy atom. The number of aromatic nitrogens is 2. The zero-order chi connectivity index (χ0) is 25.5. The SMILES string of the molecule is O=C(O)C(F)(F)F.O[C@@H](CNc1cc(-c2cc(F)cc(C(F)(F)F)c2)ncn1)c1ccccc1. The lowest BCUT2D eigenvalue weighted by molar-refractivity contribution is -0.192. The fourth-order valence-electron chi connectivity index (χ4n) is 2.51. The molecule has 34 heavy (non-hydrogen) atoms. The summed E-state index contributed by atoms with van der Waals surface area (Å²) in [5.74, 6) is -3.47. The van der Waals surface area contributed by atoms with Crippen LogP contribution in [-0.4, -0.2) is 38.9 Å². The lowest BCUT2D eigenvalue weighted by atomic mass is 10.1. The van der Waals surface area contributed by atoms with E-state index in [1.807, 2.05) is 6.07 Å². The molecule has 1 heterocycles. The number of carbonyl (C=O) groups is 1. The van der Waals surface area contributed by atoms with Crippen LogP contribution in [0.15, 0.2) is 60.9 Å². The van der Waals surface area contributed by atoms with Crippen LogP contribution >= 0.6 is 0 Å². The average Bonchev–Trinajstić information content (AvgIpc) is 2.77. The monoisotopic (exact) mass is 491 g/mol. The molecule has 0 fully saturated rings. The minimum absolute atomic E-state index is 0.0172. The number of alkyl halides is 6. The maximum atomic E-state index is 13.6. The molecule has 0 saturated carbocycles. The molecule has 3 rings (SSSR count). The molecule has 1 atom stereocenters. The number of aliphatic hydroxyl groups is 1. The summed E-state index contributed by atoms with van der Waals surface area (Å²) in [5, 5.41) is 20.2. The molecular weight excluding hydrogens is 475 g/mol. The normalized spacial score (nSPS) is 12.4. The van der Waals surface area contributed by atoms with Gasteiger partial charge in [-0.2, -0.15) is 26.3 Å². The van der Waals surface area contributed by atoms with Gasteiger partial charge in [-0.3, -0.25) is 0 Å². The summed E-state index contributed by atoms with van der Waals surface area (Å²) in [7, 11) is 0. The van der Waals surface area contributed by atoms with Crippen molar-refractivity contribution in [2.45, 2.75) is 18.5 Å². The maximum absolute atomic E-state index is 13.6. The van der Waals surface area contributed by atoms with Crippen molar-refractivity contribution in [1.29, 1.82) is 0 Å². The Labute approximate surface area is 187 Å². The number of halogens is 7. The Hall–Kier alpha value is -3.74. The summed E-state index contributed by atoms with van der Waals surface area (Å²) in [6.45, 7) is 0.136. The van der Waals surface area contributed by atoms with Gasteiger partial charge in [0.15, 0.2) is 0 Å². The summed E-state index contributed by atoms with van der Waals surface area (Å²) >= 11 is 0. The molecule has 182 valence electrons. The van der Waals surface area contributed by atoms with E-state index in [4.69, 9.17) is 9.90 Å². The number of benzene rings is 2. The Kier molecular flexibility index (Phi) is 8.51. The van der Waals surface area contributed by atoms with Gasteiger partial charge in [-0.1, -0.05) is 30.3 Å². The third kappa shape index (κ3) is 7.99. The third-order valence-corrected chi connectivity index (χ3v) is 4.09. The predicted octanol–water partition coefficient (Wildman–Crippen LogP) is 5.08. The zero-order valence-electron chi connectivity index (χ0n) is 16.9. The van der Waals surface area contributed by atoms with Crippen LogP contribution < -0.4 is 5.32 Å². The second kappa shape index (κ2) is 10.9. The summed E-state index contributed by atoms with van der Waals surface area (Å²) in [6.07, 6.45) is -9.38. The molecule has 0 amide bonds. The van der Waals surface area contributed by atoms with E-state index in [9.17, 15) is 35.8 Å². The molecule has 0 saturated heterocycles. The number of aliphatic carboxylic acids is 1. The van der Waals surface area contributed by atoms with Gasteiger partial charge in [-0.05, 0) is 23.8 Å². The molecule has 0 bridgehead atoms. The van der Waals surface area contributed by atoms with Crippen molar-refractivity contribution in [3.8, 4) is 11.3 Å². The van der Waals surface area contributed by atoms with E-state index in [0.29, 0.717) is 17.4 Å². The Balaban J connectivity index is 0.000000509. The smallest absolute Gasteiger partial charge is 0.475 e. The molecule has 0 aliphatic rings. The summed E-state index contributed by atoms with van der Waals surface area (Å²) in [4.78, 5) is 16.8. The standard InChI is InChI=1S/C19H15F4N3O.C2HF3O2/c20-15-7-13(6-14(8-15)19(21,22)23)16-9-18(26-11-25-16)24-10-17(27)12-4-2-1-3-5-12;3-2(4,5)1(6)7/h1-9,11,17,27H,10H2,(H,24,25,26);(H,6,7)/t17-;/m0./s1. The number of hydrogen-bond donors (Lipinski definition) is 3. The first-order valence-electron chi connectivity index (χ1n) is 9.24. The van der Waals surface area contributed by atoms with Crippen LogP contribution in [0.1, 0.15) is 17.2 Å². The fraction of sp³-hybridized carbons (Fsp3) is 0.190. The average molecular weight is 491 g/mol. The van der Waals surface area contributed by atoms with Crippen molar-refractivity contribution >= 4 is 11.8 Å². The first kappa shape index (κ1) is 26.5. The molecule has 13 heteroatoms. The van der Waals surface area contributed by atoms with E-state index in [1.165, 1.54) is 6.07 Å². The minimum Gasteiger partial charge on any atom is -0.475 e. The first-order chi connectivity index (χ1) is 15.8. The lowest BCUT2D eigenvalue weighted by Crippen LogP contribution is -2.21. The molecule has 0 aliphatic heterocycles. The van der Waals surface area contributed by atoms with Gasteiger partial charge in [0, 0.05) is 18.2 Å². The number of hydrogen-bond acceptors (Lipinski definition) is 5. The van der Waals surface area contributed by atoms with Crippen molar-refractivity contribution in [2.24, 2.45) is 0 Å². The number of carboxylic acid groups (broad SMARTS) is 1. The third-order valence-electron chi connectivity index (χ3n) is 4.09. The van der Waals surface area contributed by atoms with Crippen LogP contribution in [-0.2, 0) is 11.0 Å². The highest BCUT2D eigenvalue weighted by Gasteiger charge is 2.38. The molecule has 1 aromatic heterocycles. The second-order valence-corrected chi connectivity index (χ2v) is 6.63. The van der Waals surface area contributed by atoms with E-state index >= 15 is 0 Å². The second-order valence-electron chi connectivity index (χ2n) is 6.63. The van der Waals surface area contributed by atoms with Gasteiger partial charge in [-0.15, -0.1) is 0 Å². The van der Waals surface area contributed by atoms with Crippen LogP contribution in [0.4, 0.5) is 36.6 Å². The molecular formula is C21H16F7N3O3. The molecule has 3 N–H and O–H groups in total. The highest BCUT2D eigenvalue weighted by molar-refractivity contribution is 5.73. The van der Waals surface area contributed by atoms with E-state index in [0.717, 1.165) is 18.5 Å². The Morgan fingerprint density at radius 3 is 2.15 bits per heavy atom. The molecule has 0 aliphatic carbocycles. The van der Waals surface area contributed by atoms with E-state index in [1.54, 1.807) is 24.3 Å². The van der Waals surface area contributed by atoms with Gasteiger partial charge in [0.1, 0.15) is 18.0 Å². The quantitative estimate of drug-likeness (QED) is 0.431. The molecule has 0 radical (unpaired) electrons. The minimum atomic E-state index is -5.08. The Bertz CT molecular complexity index is 1110. The first-order valence-corrected chi connectivity index (χ1v) is 9.24. The van der Waals surface area contributed by atoms with Crippen LogP contribution in [0.3, 0.4) is 0 Å². The highest BCUT2D eigenvalue weighted by Crippen LogP contribution is 2.33. The lowest BCUT2D eigenvalue weighted by Gasteiger charge is -2.13. The van der Waals surface area contributed by atoms with Gasteiger partial charge in [0.2, 0.25) is 0 Å². The Morgan fingerprint density at radius 2 is 1.59 bits per heavy atom. The molecule has 2 aromatic carbocycles. The fourth-order valence-corrected chi connectivity index (χ4v) is 2.51. The molecule has 6 nitrogen and oxygen atoms in total. The van der Waals surface area contributed by atoms with Crippen molar-refractivity contribution < 1.29 is 45.7 Å². The number of carboxylic acids is 1. The van der Waals surface area contributed by atoms with E-state index in [-0.39, 0.29) is 17.8 Å². The van der Waals surface area contributed by atoms with E-state index < -0.39 is 35.8 Å². The van der Waals surface area contributed by atoms with Crippen molar-refractivity contribution in [1.82, 2.24) is 9.97 Å². The zero-order valence-corrected chi connectivity index (χ0v) is 16.9. The number of nitrogens with one attached hydrogen (secondary N) is 1. The van der Waals surface area contributed by atoms with Gasteiger partial charge >= 0.3 is 18.3 Å². The van der Waals surface area contributed by atoms with Crippen molar-refractivity contribution in [3.05, 3.63) is 77.9 Å². The number of rotatable bonds is 5. The van der Waals surface area contributed by atoms with Crippen LogP contribution in [0.5, 0.6) is 0 Å². The van der Waals surface area contributed by atoms with Gasteiger partial charge in [0.05, 0.1) is 17.4 Å². The highest BCUT2D eigenvalue weighted by atomic mass is 19.4. The summed E-state index contributed by atoms with van der Waals surface area (Å²) in [6, 6.07) is 12.6. The number of aliphatic hydroxyl groups excluding tert-OH is 1. The van der Waals surface area contributed by atoms with Gasteiger partial charge < -0.3 is 15.5 Å². The predicted molar refractivity (Wildman–Crippen MR) is 106 cm³/mol. The van der Waals surface area contributed by atoms with Gasteiger partial charge in [0.25, 0.3) is 0 Å². The largest absolute Gasteiger partial charge is 0.490 e. The molecule has 0 unspecified atom stereocenters. The summed E-state index contributed by atoms with van der Waals surface area (Å²) < 4.78 is 84.0. The van der Waals surface area contributed by atoms with E-state index in [2.05, 4.69) is 15.3 Å².